The van der Waals surface area contributed by atoms with E-state index in [1.807, 2.05) is 6.92 Å². The lowest BCUT2D eigenvalue weighted by Crippen LogP contribution is -2.47. The van der Waals surface area contributed by atoms with Gasteiger partial charge in [-0.15, -0.1) is 0 Å². The Hall–Kier alpha value is -0.610. The molecule has 4 heteroatoms. The van der Waals surface area contributed by atoms with Gasteiger partial charge in [-0.3, -0.25) is 4.79 Å². The fourth-order valence-corrected chi connectivity index (χ4v) is 1.60. The van der Waals surface area contributed by atoms with Crippen molar-refractivity contribution in [2.45, 2.75) is 52.6 Å². The molecule has 0 aromatic heterocycles. The fourth-order valence-electron chi connectivity index (χ4n) is 1.60. The Labute approximate surface area is 106 Å². The number of nitrogens with one attached hydrogen (secondary N) is 2. The lowest BCUT2D eigenvalue weighted by atomic mass is 10.2. The van der Waals surface area contributed by atoms with Gasteiger partial charge in [0.05, 0.1) is 6.04 Å². The molecule has 0 aromatic carbocycles. The number of hydrogen-bond acceptors (Lipinski definition) is 3. The third-order valence-electron chi connectivity index (χ3n) is 2.99. The van der Waals surface area contributed by atoms with E-state index < -0.39 is 0 Å². The normalized spacial score (nSPS) is 14.7. The molecule has 0 radical (unpaired) electrons. The van der Waals surface area contributed by atoms with Crippen LogP contribution < -0.4 is 10.6 Å². The molecule has 4 nitrogen and oxygen atoms in total. The zero-order valence-corrected chi connectivity index (χ0v) is 12.0. The maximum atomic E-state index is 11.8. The second-order valence-corrected chi connectivity index (χ2v) is 4.77. The predicted molar refractivity (Wildman–Crippen MR) is 73.1 cm³/mol. The van der Waals surface area contributed by atoms with Gasteiger partial charge in [0.15, 0.2) is 0 Å². The highest BCUT2D eigenvalue weighted by Crippen LogP contribution is 1.95. The molecule has 2 N–H and O–H groups in total. The molecule has 0 aliphatic heterocycles. The molecule has 0 bridgehead atoms. The molecule has 0 saturated carbocycles. The van der Waals surface area contributed by atoms with Crippen molar-refractivity contribution in [3.8, 4) is 0 Å². The highest BCUT2D eigenvalue weighted by Gasteiger charge is 2.13. The summed E-state index contributed by atoms with van der Waals surface area (Å²) < 4.78 is 0. The van der Waals surface area contributed by atoms with Crippen LogP contribution in [0.2, 0.25) is 0 Å². The fraction of sp³-hybridized carbons (Fsp3) is 0.923. The van der Waals surface area contributed by atoms with E-state index in [2.05, 4.69) is 43.4 Å². The Balaban J connectivity index is 3.74. The molecule has 0 rings (SSSR count). The standard InChI is InChI=1S/C13H29N3O/c1-6-8-11(3)15-13(17)12(4)14-9-10-16(5)7-2/h11-12,14H,6-10H2,1-5H3,(H,15,17). The number of carbonyl (C=O) groups excluding carboxylic acids is 1. The van der Waals surface area contributed by atoms with Crippen LogP contribution in [0.15, 0.2) is 0 Å². The van der Waals surface area contributed by atoms with Crippen LogP contribution in [-0.4, -0.2) is 49.6 Å². The number of amides is 1. The van der Waals surface area contributed by atoms with Crippen molar-refractivity contribution in [1.29, 1.82) is 0 Å². The van der Waals surface area contributed by atoms with Gasteiger partial charge in [0, 0.05) is 19.1 Å². The Morgan fingerprint density at radius 1 is 1.29 bits per heavy atom. The van der Waals surface area contributed by atoms with E-state index in [-0.39, 0.29) is 18.0 Å². The topological polar surface area (TPSA) is 44.4 Å². The largest absolute Gasteiger partial charge is 0.352 e. The smallest absolute Gasteiger partial charge is 0.237 e. The van der Waals surface area contributed by atoms with Gasteiger partial charge in [0.1, 0.15) is 0 Å². The molecular formula is C13H29N3O. The third kappa shape index (κ3) is 8.16. The van der Waals surface area contributed by atoms with E-state index in [1.165, 1.54) is 0 Å². The van der Waals surface area contributed by atoms with E-state index in [0.717, 1.165) is 32.5 Å². The zero-order valence-electron chi connectivity index (χ0n) is 12.0. The van der Waals surface area contributed by atoms with Gasteiger partial charge in [-0.05, 0) is 33.9 Å². The van der Waals surface area contributed by atoms with E-state index >= 15 is 0 Å². The van der Waals surface area contributed by atoms with E-state index in [0.29, 0.717) is 0 Å². The van der Waals surface area contributed by atoms with Crippen molar-refractivity contribution >= 4 is 5.91 Å². The Bertz CT molecular complexity index is 209. The minimum atomic E-state index is -0.112. The number of likely N-dealkylation sites (N-methyl/N-ethyl adjacent to an activating group) is 1. The van der Waals surface area contributed by atoms with Crippen LogP contribution >= 0.6 is 0 Å². The lowest BCUT2D eigenvalue weighted by Gasteiger charge is -2.20. The summed E-state index contributed by atoms with van der Waals surface area (Å²) in [6.07, 6.45) is 2.14. The van der Waals surface area contributed by atoms with Crippen LogP contribution in [-0.2, 0) is 4.79 Å². The number of rotatable bonds is 9. The molecule has 0 fully saturated rings. The average molecular weight is 243 g/mol. The lowest BCUT2D eigenvalue weighted by molar-refractivity contribution is -0.123. The van der Waals surface area contributed by atoms with Crippen LogP contribution in [0.5, 0.6) is 0 Å². The number of carbonyl (C=O) groups is 1. The Morgan fingerprint density at radius 2 is 1.94 bits per heavy atom. The van der Waals surface area contributed by atoms with E-state index in [1.54, 1.807) is 0 Å². The molecule has 0 aliphatic rings. The van der Waals surface area contributed by atoms with Gasteiger partial charge in [0.25, 0.3) is 0 Å². The molecule has 102 valence electrons. The monoisotopic (exact) mass is 243 g/mol. The summed E-state index contributed by atoms with van der Waals surface area (Å²) in [5, 5.41) is 6.26. The van der Waals surface area contributed by atoms with Gasteiger partial charge in [-0.1, -0.05) is 20.3 Å². The van der Waals surface area contributed by atoms with Crippen LogP contribution in [0.4, 0.5) is 0 Å². The third-order valence-corrected chi connectivity index (χ3v) is 2.99. The summed E-state index contributed by atoms with van der Waals surface area (Å²) in [5.41, 5.74) is 0. The van der Waals surface area contributed by atoms with Gasteiger partial charge >= 0.3 is 0 Å². The van der Waals surface area contributed by atoms with Gasteiger partial charge in [-0.25, -0.2) is 0 Å². The quantitative estimate of drug-likeness (QED) is 0.640. The predicted octanol–water partition coefficient (Wildman–Crippen LogP) is 1.22. The Morgan fingerprint density at radius 3 is 2.47 bits per heavy atom. The molecule has 2 atom stereocenters. The second-order valence-electron chi connectivity index (χ2n) is 4.77. The first-order valence-corrected chi connectivity index (χ1v) is 6.73. The van der Waals surface area contributed by atoms with Crippen molar-refractivity contribution in [3.63, 3.8) is 0 Å². The maximum Gasteiger partial charge on any atom is 0.237 e. The van der Waals surface area contributed by atoms with Crippen LogP contribution in [0.3, 0.4) is 0 Å². The molecular weight excluding hydrogens is 214 g/mol. The molecule has 2 unspecified atom stereocenters. The maximum absolute atomic E-state index is 11.8. The SMILES string of the molecule is CCCC(C)NC(=O)C(C)NCCN(C)CC. The molecule has 0 aromatic rings. The molecule has 17 heavy (non-hydrogen) atoms. The average Bonchev–Trinajstić information content (AvgIpc) is 2.28. The van der Waals surface area contributed by atoms with Crippen molar-refractivity contribution in [2.75, 3.05) is 26.7 Å². The minimum Gasteiger partial charge on any atom is -0.352 e. The van der Waals surface area contributed by atoms with Crippen molar-refractivity contribution in [1.82, 2.24) is 15.5 Å². The highest BCUT2D eigenvalue weighted by molar-refractivity contribution is 5.81. The summed E-state index contributed by atoms with van der Waals surface area (Å²) >= 11 is 0. The van der Waals surface area contributed by atoms with Gasteiger partial charge in [-0.2, -0.15) is 0 Å². The summed E-state index contributed by atoms with van der Waals surface area (Å²) in [4.78, 5) is 14.0. The highest BCUT2D eigenvalue weighted by atomic mass is 16.2. The van der Waals surface area contributed by atoms with E-state index in [9.17, 15) is 4.79 Å². The second kappa shape index (κ2) is 9.42. The first-order chi connectivity index (χ1) is 8.01. The van der Waals surface area contributed by atoms with Crippen LogP contribution in [0.25, 0.3) is 0 Å². The molecule has 0 heterocycles. The molecule has 0 aliphatic carbocycles. The van der Waals surface area contributed by atoms with Crippen molar-refractivity contribution in [3.05, 3.63) is 0 Å². The number of hydrogen-bond donors (Lipinski definition) is 2. The summed E-state index contributed by atoms with van der Waals surface area (Å²) in [5.74, 6) is 0.102. The number of nitrogens with zero attached hydrogens (tertiary/aromatic N) is 1. The minimum absolute atomic E-state index is 0.102. The molecule has 0 spiro atoms. The van der Waals surface area contributed by atoms with Gasteiger partial charge < -0.3 is 15.5 Å². The van der Waals surface area contributed by atoms with Crippen molar-refractivity contribution in [2.24, 2.45) is 0 Å². The van der Waals surface area contributed by atoms with Crippen molar-refractivity contribution < 1.29 is 4.79 Å². The molecule has 0 saturated heterocycles. The first-order valence-electron chi connectivity index (χ1n) is 6.73. The zero-order chi connectivity index (χ0) is 13.3. The summed E-state index contributed by atoms with van der Waals surface area (Å²) in [6.45, 7) is 11.1. The summed E-state index contributed by atoms with van der Waals surface area (Å²) in [6, 6.07) is 0.162. The van der Waals surface area contributed by atoms with Gasteiger partial charge in [0.2, 0.25) is 5.91 Å². The van der Waals surface area contributed by atoms with Crippen LogP contribution in [0.1, 0.15) is 40.5 Å². The van der Waals surface area contributed by atoms with Crippen LogP contribution in [0, 0.1) is 0 Å². The molecule has 1 amide bonds. The Kier molecular flexibility index (Phi) is 9.09. The summed E-state index contributed by atoms with van der Waals surface area (Å²) in [7, 11) is 2.08. The first kappa shape index (κ1) is 16.4. The van der Waals surface area contributed by atoms with E-state index in [4.69, 9.17) is 0 Å².